The molecule has 62 valence electrons. The summed E-state index contributed by atoms with van der Waals surface area (Å²) >= 11 is 0. The zero-order valence-electron chi connectivity index (χ0n) is 6.70. The van der Waals surface area contributed by atoms with Gasteiger partial charge in [-0.2, -0.15) is 0 Å². The Morgan fingerprint density at radius 2 is 2.18 bits per heavy atom. The van der Waals surface area contributed by atoms with E-state index in [9.17, 15) is 9.59 Å². The van der Waals surface area contributed by atoms with E-state index in [2.05, 4.69) is 0 Å². The molecule has 0 aromatic carbocycles. The summed E-state index contributed by atoms with van der Waals surface area (Å²) in [6.07, 6.45) is 0.990. The van der Waals surface area contributed by atoms with Gasteiger partial charge in [-0.15, -0.1) is 0 Å². The fourth-order valence-corrected chi connectivity index (χ4v) is 1.63. The van der Waals surface area contributed by atoms with Crippen molar-refractivity contribution in [2.24, 2.45) is 17.3 Å². The molecule has 3 heteroatoms. The molecule has 1 aliphatic rings. The van der Waals surface area contributed by atoms with Crippen LogP contribution >= 0.6 is 0 Å². The minimum atomic E-state index is -0.813. The van der Waals surface area contributed by atoms with Crippen LogP contribution in [0.4, 0.5) is 0 Å². The molecule has 0 bridgehead atoms. The number of aldehydes is 1. The number of carboxylic acids is 1. The summed E-state index contributed by atoms with van der Waals surface area (Å²) in [5.41, 5.74) is -0.0832. The zero-order valence-corrected chi connectivity index (χ0v) is 6.70. The van der Waals surface area contributed by atoms with Crippen LogP contribution < -0.4 is 0 Å². The lowest BCUT2D eigenvalue weighted by atomic mass is 10.1. The van der Waals surface area contributed by atoms with Gasteiger partial charge in [-0.05, 0) is 11.3 Å². The van der Waals surface area contributed by atoms with Gasteiger partial charge < -0.3 is 9.90 Å². The Labute approximate surface area is 65.4 Å². The third-order valence-electron chi connectivity index (χ3n) is 2.68. The Morgan fingerprint density at radius 3 is 2.45 bits per heavy atom. The highest BCUT2D eigenvalue weighted by atomic mass is 16.4. The van der Waals surface area contributed by atoms with Gasteiger partial charge in [-0.1, -0.05) is 13.8 Å². The van der Waals surface area contributed by atoms with Crippen LogP contribution in [0.15, 0.2) is 0 Å². The molecule has 0 amide bonds. The lowest BCUT2D eigenvalue weighted by Crippen LogP contribution is -1.99. The van der Waals surface area contributed by atoms with Crippen LogP contribution in [0.3, 0.4) is 0 Å². The maximum atomic E-state index is 10.4. The molecular formula is C8H12O3. The largest absolute Gasteiger partial charge is 0.481 e. The number of hydrogen-bond donors (Lipinski definition) is 1. The van der Waals surface area contributed by atoms with Crippen molar-refractivity contribution in [1.82, 2.24) is 0 Å². The van der Waals surface area contributed by atoms with Crippen LogP contribution in [0.1, 0.15) is 20.3 Å². The minimum Gasteiger partial charge on any atom is -0.481 e. The van der Waals surface area contributed by atoms with Crippen molar-refractivity contribution in [3.05, 3.63) is 0 Å². The molecule has 1 N–H and O–H groups in total. The van der Waals surface area contributed by atoms with E-state index in [4.69, 9.17) is 5.11 Å². The Hall–Kier alpha value is -0.860. The molecule has 11 heavy (non-hydrogen) atoms. The number of aliphatic carboxylic acids is 1. The summed E-state index contributed by atoms with van der Waals surface area (Å²) in [5.74, 6) is -0.802. The average Bonchev–Trinajstić information content (AvgIpc) is 2.33. The van der Waals surface area contributed by atoms with E-state index in [1.54, 1.807) is 0 Å². The van der Waals surface area contributed by atoms with Gasteiger partial charge in [0.1, 0.15) is 6.29 Å². The molecule has 3 nitrogen and oxygen atoms in total. The Bertz CT molecular complexity index is 196. The quantitative estimate of drug-likeness (QED) is 0.618. The fraction of sp³-hybridized carbons (Fsp3) is 0.750. The first-order valence-electron chi connectivity index (χ1n) is 3.67. The molecule has 0 aromatic heterocycles. The SMILES string of the molecule is CC1(C)[C@H](CC(=O)O)[C@@H]1C=O. The van der Waals surface area contributed by atoms with E-state index in [0.717, 1.165) is 6.29 Å². The third kappa shape index (κ3) is 1.27. The molecule has 1 aliphatic carbocycles. The van der Waals surface area contributed by atoms with E-state index in [1.165, 1.54) is 0 Å². The maximum absolute atomic E-state index is 10.4. The van der Waals surface area contributed by atoms with Crippen molar-refractivity contribution in [2.75, 3.05) is 0 Å². The Morgan fingerprint density at radius 1 is 1.64 bits per heavy atom. The monoisotopic (exact) mass is 156 g/mol. The summed E-state index contributed by atoms with van der Waals surface area (Å²) in [6.45, 7) is 3.86. The van der Waals surface area contributed by atoms with Gasteiger partial charge in [0, 0.05) is 12.3 Å². The first-order chi connectivity index (χ1) is 5.00. The van der Waals surface area contributed by atoms with E-state index in [1.807, 2.05) is 13.8 Å². The summed E-state index contributed by atoms with van der Waals surface area (Å²) in [5, 5.41) is 8.45. The van der Waals surface area contributed by atoms with E-state index >= 15 is 0 Å². The second kappa shape index (κ2) is 2.32. The molecule has 0 aliphatic heterocycles. The molecule has 0 radical (unpaired) electrons. The summed E-state index contributed by atoms with van der Waals surface area (Å²) in [7, 11) is 0. The van der Waals surface area contributed by atoms with Crippen molar-refractivity contribution < 1.29 is 14.7 Å². The van der Waals surface area contributed by atoms with E-state index < -0.39 is 5.97 Å². The standard InChI is InChI=1S/C8H12O3/c1-8(2)5(3-7(10)11)6(8)4-9/h4-6H,3H2,1-2H3,(H,10,11)/t5-,6+/m1/s1. The van der Waals surface area contributed by atoms with Gasteiger partial charge in [0.15, 0.2) is 0 Å². The number of carbonyl (C=O) groups excluding carboxylic acids is 1. The first-order valence-corrected chi connectivity index (χ1v) is 3.67. The van der Waals surface area contributed by atoms with E-state index in [-0.39, 0.29) is 23.7 Å². The molecule has 0 spiro atoms. The number of carbonyl (C=O) groups is 2. The van der Waals surface area contributed by atoms with Crippen LogP contribution in [-0.4, -0.2) is 17.4 Å². The van der Waals surface area contributed by atoms with Crippen LogP contribution in [-0.2, 0) is 9.59 Å². The van der Waals surface area contributed by atoms with Crippen molar-refractivity contribution >= 4 is 12.3 Å². The first kappa shape index (κ1) is 8.24. The smallest absolute Gasteiger partial charge is 0.303 e. The molecule has 1 fully saturated rings. The van der Waals surface area contributed by atoms with Crippen molar-refractivity contribution in [3.63, 3.8) is 0 Å². The normalized spacial score (nSPS) is 32.9. The predicted octanol–water partition coefficient (Wildman–Crippen LogP) is 0.932. The van der Waals surface area contributed by atoms with Gasteiger partial charge >= 0.3 is 5.97 Å². The Kier molecular flexibility index (Phi) is 1.74. The van der Waals surface area contributed by atoms with Crippen LogP contribution in [0.5, 0.6) is 0 Å². The summed E-state index contributed by atoms with van der Waals surface area (Å²) in [4.78, 5) is 20.7. The van der Waals surface area contributed by atoms with Crippen molar-refractivity contribution in [2.45, 2.75) is 20.3 Å². The number of carboxylic acid groups (broad SMARTS) is 1. The number of rotatable bonds is 3. The average molecular weight is 156 g/mol. The highest BCUT2D eigenvalue weighted by Crippen LogP contribution is 2.58. The molecule has 1 rings (SSSR count). The lowest BCUT2D eigenvalue weighted by Gasteiger charge is -1.97. The number of hydrogen-bond acceptors (Lipinski definition) is 2. The van der Waals surface area contributed by atoms with Crippen LogP contribution in [0, 0.1) is 17.3 Å². The minimum absolute atomic E-state index is 0.0430. The summed E-state index contributed by atoms with van der Waals surface area (Å²) < 4.78 is 0. The van der Waals surface area contributed by atoms with Crippen molar-refractivity contribution in [3.8, 4) is 0 Å². The topological polar surface area (TPSA) is 54.4 Å². The molecule has 0 heterocycles. The fourth-order valence-electron chi connectivity index (χ4n) is 1.63. The van der Waals surface area contributed by atoms with Gasteiger partial charge in [0.2, 0.25) is 0 Å². The zero-order chi connectivity index (χ0) is 8.65. The summed E-state index contributed by atoms with van der Waals surface area (Å²) in [6, 6.07) is 0. The molecular weight excluding hydrogens is 144 g/mol. The highest BCUT2D eigenvalue weighted by Gasteiger charge is 2.58. The second-order valence-corrected chi connectivity index (χ2v) is 3.69. The molecule has 0 unspecified atom stereocenters. The molecule has 0 aromatic rings. The van der Waals surface area contributed by atoms with Gasteiger partial charge in [-0.3, -0.25) is 4.79 Å². The van der Waals surface area contributed by atoms with E-state index in [0.29, 0.717) is 0 Å². The van der Waals surface area contributed by atoms with Crippen LogP contribution in [0.25, 0.3) is 0 Å². The third-order valence-corrected chi connectivity index (χ3v) is 2.68. The predicted molar refractivity (Wildman–Crippen MR) is 39.1 cm³/mol. The van der Waals surface area contributed by atoms with Crippen molar-refractivity contribution in [1.29, 1.82) is 0 Å². The molecule has 2 atom stereocenters. The van der Waals surface area contributed by atoms with Gasteiger partial charge in [0.05, 0.1) is 0 Å². The highest BCUT2D eigenvalue weighted by molar-refractivity contribution is 5.71. The molecule has 1 saturated carbocycles. The van der Waals surface area contributed by atoms with Crippen LogP contribution in [0.2, 0.25) is 0 Å². The van der Waals surface area contributed by atoms with Gasteiger partial charge in [0.25, 0.3) is 0 Å². The Balaban J connectivity index is 2.52. The maximum Gasteiger partial charge on any atom is 0.303 e. The second-order valence-electron chi connectivity index (χ2n) is 3.69. The van der Waals surface area contributed by atoms with Gasteiger partial charge in [-0.25, -0.2) is 0 Å². The lowest BCUT2D eigenvalue weighted by molar-refractivity contribution is -0.137. The molecule has 0 saturated heterocycles.